The lowest BCUT2D eigenvalue weighted by Gasteiger charge is -2.40. The number of anilines is 1. The molecule has 1 aliphatic heterocycles. The van der Waals surface area contributed by atoms with Gasteiger partial charge in [0.15, 0.2) is 9.84 Å². The number of benzene rings is 1. The van der Waals surface area contributed by atoms with E-state index in [1.54, 1.807) is 4.90 Å². The van der Waals surface area contributed by atoms with Crippen molar-refractivity contribution in [3.63, 3.8) is 0 Å². The molecule has 0 aliphatic carbocycles. The molecule has 250 valence electrons. The smallest absolute Gasteiger partial charge is 0.394 e. The molecule has 3 atom stereocenters. The van der Waals surface area contributed by atoms with E-state index in [2.05, 4.69) is 20.3 Å². The fourth-order valence-corrected chi connectivity index (χ4v) is 5.79. The van der Waals surface area contributed by atoms with E-state index >= 15 is 0 Å². The highest BCUT2D eigenvalue weighted by molar-refractivity contribution is 7.91. The van der Waals surface area contributed by atoms with Crippen LogP contribution < -0.4 is 10.2 Å². The quantitative estimate of drug-likeness (QED) is 0.258. The van der Waals surface area contributed by atoms with Crippen molar-refractivity contribution in [2.45, 2.75) is 68.3 Å². The van der Waals surface area contributed by atoms with E-state index in [9.17, 15) is 40.3 Å². The van der Waals surface area contributed by atoms with E-state index in [4.69, 9.17) is 4.74 Å². The summed E-state index contributed by atoms with van der Waals surface area (Å²) in [7, 11) is -3.49. The van der Waals surface area contributed by atoms with Gasteiger partial charge in [0.05, 0.1) is 52.8 Å². The summed E-state index contributed by atoms with van der Waals surface area (Å²) in [4.78, 5) is 27.3. The van der Waals surface area contributed by atoms with E-state index < -0.39 is 58.7 Å². The largest absolute Gasteiger partial charge is 0.416 e. The molecule has 16 heteroatoms. The van der Waals surface area contributed by atoms with Crippen LogP contribution in [0, 0.1) is 0 Å². The predicted molar refractivity (Wildman–Crippen MR) is 157 cm³/mol. The molecule has 2 aromatic heterocycles. The highest BCUT2D eigenvalue weighted by Crippen LogP contribution is 2.35. The number of amides is 1. The lowest BCUT2D eigenvalue weighted by atomic mass is 9.87. The van der Waals surface area contributed by atoms with Crippen LogP contribution in [0.5, 0.6) is 0 Å². The van der Waals surface area contributed by atoms with Crippen molar-refractivity contribution in [1.29, 1.82) is 0 Å². The Bertz CT molecular complexity index is 1570. The maximum Gasteiger partial charge on any atom is 0.416 e. The second-order valence-electron chi connectivity index (χ2n) is 10.8. The van der Waals surface area contributed by atoms with E-state index in [0.717, 1.165) is 18.3 Å². The third kappa shape index (κ3) is 8.53. The Morgan fingerprint density at radius 1 is 1.02 bits per heavy atom. The maximum atomic E-state index is 13.9. The number of hydrogen-bond acceptors (Lipinski definition) is 9. The Morgan fingerprint density at radius 3 is 2.24 bits per heavy atom. The summed E-state index contributed by atoms with van der Waals surface area (Å²) >= 11 is 0. The van der Waals surface area contributed by atoms with Crippen LogP contribution in [0.1, 0.15) is 72.2 Å². The monoisotopic (exact) mass is 671 g/mol. The minimum absolute atomic E-state index is 0.00569. The first-order chi connectivity index (χ1) is 21.7. The molecule has 0 bridgehead atoms. The molecular weight excluding hydrogens is 637 g/mol. The van der Waals surface area contributed by atoms with E-state index in [0.29, 0.717) is 18.4 Å². The van der Waals surface area contributed by atoms with Crippen LogP contribution in [0.4, 0.5) is 27.9 Å². The van der Waals surface area contributed by atoms with Crippen molar-refractivity contribution < 1.29 is 45.0 Å². The Hall–Kier alpha value is -3.76. The van der Waals surface area contributed by atoms with Crippen LogP contribution in [0.15, 0.2) is 59.9 Å². The Morgan fingerprint density at radius 2 is 1.70 bits per heavy atom. The summed E-state index contributed by atoms with van der Waals surface area (Å²) in [6.07, 6.45) is -3.91. The molecular formula is C30H34F5N5O5S. The van der Waals surface area contributed by atoms with Gasteiger partial charge in [-0.1, -0.05) is 26.0 Å². The average molecular weight is 672 g/mol. The number of aliphatic hydroxyl groups excluding tert-OH is 1. The van der Waals surface area contributed by atoms with Crippen LogP contribution in [0.25, 0.3) is 0 Å². The SMILES string of the molecule is CCC(F)(F)OC[C@@H]1CCC(c2ccc(C(F)(F)F)cc2)CN1c1ncc(C(=O)N[C@@H](CO)c2ccc(S(=O)(=O)CC)cn2)cn1. The molecule has 46 heavy (non-hydrogen) atoms. The maximum absolute atomic E-state index is 13.9. The molecule has 10 nitrogen and oxygen atoms in total. The van der Waals surface area contributed by atoms with Crippen molar-refractivity contribution in [2.75, 3.05) is 30.4 Å². The van der Waals surface area contributed by atoms with Gasteiger partial charge >= 0.3 is 12.3 Å². The van der Waals surface area contributed by atoms with Gasteiger partial charge in [0.1, 0.15) is 0 Å². The number of aromatic nitrogens is 3. The summed E-state index contributed by atoms with van der Waals surface area (Å²) in [5.41, 5.74) is 0.0814. The normalized spacial score (nSPS) is 18.3. The molecule has 0 radical (unpaired) electrons. The molecule has 0 saturated carbocycles. The highest BCUT2D eigenvalue weighted by atomic mass is 32.2. The summed E-state index contributed by atoms with van der Waals surface area (Å²) in [6, 6.07) is 5.95. The molecule has 1 saturated heterocycles. The van der Waals surface area contributed by atoms with Gasteiger partial charge in [-0.15, -0.1) is 0 Å². The molecule has 1 amide bonds. The number of alkyl halides is 5. The number of pyridine rings is 1. The van der Waals surface area contributed by atoms with Crippen molar-refractivity contribution in [1.82, 2.24) is 20.3 Å². The first-order valence-electron chi connectivity index (χ1n) is 14.6. The minimum atomic E-state index is -4.48. The van der Waals surface area contributed by atoms with Crippen molar-refractivity contribution in [3.8, 4) is 0 Å². The van der Waals surface area contributed by atoms with Crippen LogP contribution in [-0.2, 0) is 20.8 Å². The molecule has 3 aromatic rings. The fourth-order valence-electron chi connectivity index (χ4n) is 4.97. The summed E-state index contributed by atoms with van der Waals surface area (Å²) in [5.74, 6) is -0.930. The van der Waals surface area contributed by atoms with Crippen LogP contribution >= 0.6 is 0 Å². The van der Waals surface area contributed by atoms with E-state index in [1.165, 1.54) is 50.5 Å². The molecule has 1 aliphatic rings. The predicted octanol–water partition coefficient (Wildman–Crippen LogP) is 4.92. The first-order valence-corrected chi connectivity index (χ1v) is 16.2. The summed E-state index contributed by atoms with van der Waals surface area (Å²) < 4.78 is 96.1. The molecule has 0 spiro atoms. The topological polar surface area (TPSA) is 135 Å². The van der Waals surface area contributed by atoms with Gasteiger partial charge < -0.3 is 20.1 Å². The number of carbonyl (C=O) groups excluding carboxylic acids is 1. The Labute approximate surface area is 263 Å². The zero-order chi connectivity index (χ0) is 33.7. The van der Waals surface area contributed by atoms with Crippen LogP contribution in [0.2, 0.25) is 0 Å². The van der Waals surface area contributed by atoms with Gasteiger partial charge in [0.2, 0.25) is 5.95 Å². The van der Waals surface area contributed by atoms with Crippen molar-refractivity contribution in [2.24, 2.45) is 0 Å². The number of hydrogen-bond donors (Lipinski definition) is 2. The van der Waals surface area contributed by atoms with Gasteiger partial charge in [-0.25, -0.2) is 18.4 Å². The molecule has 2 N–H and O–H groups in total. The van der Waals surface area contributed by atoms with Crippen molar-refractivity contribution in [3.05, 3.63) is 77.4 Å². The minimum Gasteiger partial charge on any atom is -0.394 e. The second kappa shape index (κ2) is 14.3. The van der Waals surface area contributed by atoms with Crippen LogP contribution in [-0.4, -0.2) is 72.0 Å². The highest BCUT2D eigenvalue weighted by Gasteiger charge is 2.36. The number of piperidine rings is 1. The van der Waals surface area contributed by atoms with Gasteiger partial charge in [-0.05, 0) is 42.7 Å². The van der Waals surface area contributed by atoms with Crippen molar-refractivity contribution >= 4 is 21.7 Å². The Balaban J connectivity index is 1.51. The third-order valence-electron chi connectivity index (χ3n) is 7.81. The molecule has 1 unspecified atom stereocenters. The van der Waals surface area contributed by atoms with E-state index in [1.807, 2.05) is 0 Å². The second-order valence-corrected chi connectivity index (χ2v) is 13.1. The average Bonchev–Trinajstić information content (AvgIpc) is 3.06. The number of aliphatic hydroxyl groups is 1. The number of rotatable bonds is 12. The molecule has 3 heterocycles. The summed E-state index contributed by atoms with van der Waals surface area (Å²) in [5, 5.41) is 12.4. The standard InChI is InChI=1S/C30H34F5N5O5S/c1-3-29(31,32)45-18-23-10-7-20(19-5-8-22(9-6-19)30(33,34)35)16-40(23)28-37-13-21(14-38-28)27(42)39-26(17-41)25-12-11-24(15-36-25)46(43,44)4-2/h5-6,8-9,11-15,20,23,26,41H,3-4,7,10,16-18H2,1-2H3,(H,39,42)/t20?,23-,26-/m0/s1. The summed E-state index contributed by atoms with van der Waals surface area (Å²) in [6.45, 7) is 2.09. The van der Waals surface area contributed by atoms with Crippen LogP contribution in [0.3, 0.4) is 0 Å². The van der Waals surface area contributed by atoms with Gasteiger partial charge in [-0.3, -0.25) is 9.78 Å². The zero-order valence-corrected chi connectivity index (χ0v) is 25.9. The number of nitrogens with zero attached hydrogens (tertiary/aromatic N) is 4. The zero-order valence-electron chi connectivity index (χ0n) is 25.0. The third-order valence-corrected chi connectivity index (χ3v) is 9.53. The number of halogens is 5. The fraction of sp³-hybridized carbons (Fsp3) is 0.467. The lowest BCUT2D eigenvalue weighted by molar-refractivity contribution is -0.242. The van der Waals surface area contributed by atoms with Gasteiger partial charge in [0, 0.05) is 37.5 Å². The molecule has 1 fully saturated rings. The first kappa shape index (κ1) is 35.1. The number of carbonyl (C=O) groups is 1. The van der Waals surface area contributed by atoms with E-state index in [-0.39, 0.29) is 46.9 Å². The Kier molecular flexibility index (Phi) is 10.9. The molecule has 4 rings (SSSR count). The number of ether oxygens (including phenoxy) is 1. The number of nitrogens with one attached hydrogen (secondary N) is 1. The molecule has 1 aromatic carbocycles. The van der Waals surface area contributed by atoms with Gasteiger partial charge in [0.25, 0.3) is 5.91 Å². The lowest BCUT2D eigenvalue weighted by Crippen LogP contribution is -2.47. The van der Waals surface area contributed by atoms with Gasteiger partial charge in [-0.2, -0.15) is 22.0 Å². The number of sulfone groups is 1.